The van der Waals surface area contributed by atoms with Gasteiger partial charge in [0.2, 0.25) is 0 Å². The van der Waals surface area contributed by atoms with Crippen molar-refractivity contribution in [3.05, 3.63) is 302 Å². The Kier molecular flexibility index (Phi) is 15.9. The van der Waals surface area contributed by atoms with Gasteiger partial charge in [0.1, 0.15) is 0 Å². The van der Waals surface area contributed by atoms with Gasteiger partial charge >= 0.3 is 0 Å². The van der Waals surface area contributed by atoms with Gasteiger partial charge in [-0.3, -0.25) is 19.2 Å². The molecule has 0 bridgehead atoms. The summed E-state index contributed by atoms with van der Waals surface area (Å²) in [5.74, 6) is -1.41. The lowest BCUT2D eigenvalue weighted by molar-refractivity contribution is 0.0916. The van der Waals surface area contributed by atoms with Crippen LogP contribution in [-0.2, 0) is 0 Å². The minimum Gasteiger partial charge on any atom is -0.361 e. The third kappa shape index (κ3) is 10.5. The molecule has 0 spiro atoms. The van der Waals surface area contributed by atoms with Gasteiger partial charge < -0.3 is 29.9 Å². The van der Waals surface area contributed by atoms with E-state index in [0.717, 1.165) is 159 Å². The lowest BCUT2D eigenvalue weighted by Crippen LogP contribution is -2.11. The van der Waals surface area contributed by atoms with Gasteiger partial charge in [0.25, 0.3) is 0 Å². The molecule has 464 valence electrons. The summed E-state index contributed by atoms with van der Waals surface area (Å²) in [5.41, 5.74) is 21.3. The molecule has 14 rings (SSSR count). The minimum atomic E-state index is -0.363. The van der Waals surface area contributed by atoms with Crippen LogP contribution in [0.4, 0.5) is 0 Å². The Balaban J connectivity index is 0.810. The van der Waals surface area contributed by atoms with Crippen LogP contribution in [0.25, 0.3) is 41.7 Å². The maximum Gasteiger partial charge on any atom is 0.165 e. The molecule has 0 radical (unpaired) electrons. The largest absolute Gasteiger partial charge is 0.361 e. The molecule has 8 heterocycles. The van der Waals surface area contributed by atoms with Crippen LogP contribution in [0.2, 0.25) is 0 Å². The standard InChI is InChI=1S/C80H71BrN6O4S2/c1-40-69(48(9)88)44(5)82-77(40)73(56-26-17-21-50-19-11-13-23-53(50)56)61-30-32-63(86-61)75(59-38-92-67-28-16-15-25-55(59)67)80-43(4)72(47(8)85-80)66(91)35-34-65(90)71-42(3)79(84-46(71)7)74(57-27-18-22-51-20-12-14-24-54(51)57)62-31-33-64(87-62)76(78-41(2)70(49(10)89)45(6)83-78)60-39-93-68-36-29-52(81)37-58(60)68/h11-33,36-39,73-76,82-87H,34-35H2,1-10H3. The number of rotatable bonds is 19. The normalized spacial score (nSPS) is 13.2. The highest BCUT2D eigenvalue weighted by Crippen LogP contribution is 2.47. The predicted molar refractivity (Wildman–Crippen MR) is 384 cm³/mol. The highest BCUT2D eigenvalue weighted by atomic mass is 79.9. The number of fused-ring (bicyclic) bond motifs is 4. The number of aryl methyl sites for hydroxylation is 4. The van der Waals surface area contributed by atoms with E-state index in [1.165, 1.54) is 0 Å². The van der Waals surface area contributed by atoms with E-state index in [9.17, 15) is 9.59 Å². The van der Waals surface area contributed by atoms with E-state index < -0.39 is 0 Å². The third-order valence-electron chi connectivity index (χ3n) is 19.6. The fraction of sp³-hybridized carbons (Fsp3) is 0.200. The van der Waals surface area contributed by atoms with Crippen molar-refractivity contribution in [1.29, 1.82) is 0 Å². The number of thiophene rings is 2. The summed E-state index contributed by atoms with van der Waals surface area (Å²) in [5, 5.41) is 11.2. The number of carbonyl (C=O) groups excluding carboxylic acids is 4. The van der Waals surface area contributed by atoms with Crippen LogP contribution in [0, 0.1) is 55.4 Å². The van der Waals surface area contributed by atoms with Crippen LogP contribution in [0.5, 0.6) is 0 Å². The molecule has 0 saturated carbocycles. The van der Waals surface area contributed by atoms with E-state index >= 15 is 9.59 Å². The number of carbonyl (C=O) groups is 4. The zero-order valence-corrected chi connectivity index (χ0v) is 56.9. The lowest BCUT2D eigenvalue weighted by Gasteiger charge is -2.21. The van der Waals surface area contributed by atoms with Crippen LogP contribution in [0.3, 0.4) is 0 Å². The van der Waals surface area contributed by atoms with E-state index in [2.05, 4.69) is 208 Å². The average molecular weight is 1320 g/mol. The van der Waals surface area contributed by atoms with Crippen molar-refractivity contribution in [2.45, 2.75) is 106 Å². The summed E-state index contributed by atoms with van der Waals surface area (Å²) >= 11 is 7.16. The summed E-state index contributed by atoms with van der Waals surface area (Å²) in [6, 6.07) is 53.2. The van der Waals surface area contributed by atoms with E-state index in [0.29, 0.717) is 22.3 Å². The second-order valence-corrected chi connectivity index (χ2v) is 28.0. The highest BCUT2D eigenvalue weighted by molar-refractivity contribution is 9.10. The Hall–Kier alpha value is -9.40. The van der Waals surface area contributed by atoms with E-state index in [1.807, 2.05) is 55.4 Å². The molecular formula is C80H71BrN6O4S2. The van der Waals surface area contributed by atoms with Crippen molar-refractivity contribution >= 4 is 103 Å². The predicted octanol–water partition coefficient (Wildman–Crippen LogP) is 20.6. The Labute approximate surface area is 556 Å². The Morgan fingerprint density at radius 2 is 0.710 bits per heavy atom. The van der Waals surface area contributed by atoms with Gasteiger partial charge in [-0.05, 0) is 205 Å². The first-order valence-corrected chi connectivity index (χ1v) is 34.2. The van der Waals surface area contributed by atoms with Crippen molar-refractivity contribution < 1.29 is 19.2 Å². The van der Waals surface area contributed by atoms with Gasteiger partial charge in [0.05, 0.1) is 23.7 Å². The molecular weight excluding hydrogens is 1250 g/mol. The molecule has 13 heteroatoms. The lowest BCUT2D eigenvalue weighted by atomic mass is 9.86. The van der Waals surface area contributed by atoms with Gasteiger partial charge in [-0.1, -0.05) is 119 Å². The molecule has 93 heavy (non-hydrogen) atoms. The zero-order valence-electron chi connectivity index (χ0n) is 53.6. The number of nitrogens with one attached hydrogen (secondary N) is 6. The second-order valence-electron chi connectivity index (χ2n) is 25.2. The van der Waals surface area contributed by atoms with Crippen LogP contribution in [0.15, 0.2) is 167 Å². The topological polar surface area (TPSA) is 163 Å². The van der Waals surface area contributed by atoms with Crippen LogP contribution >= 0.6 is 38.6 Å². The molecule has 6 aromatic carbocycles. The van der Waals surface area contributed by atoms with Crippen LogP contribution in [-0.4, -0.2) is 53.0 Å². The number of benzene rings is 6. The summed E-state index contributed by atoms with van der Waals surface area (Å²) < 4.78 is 3.31. The molecule has 0 fully saturated rings. The summed E-state index contributed by atoms with van der Waals surface area (Å²) in [4.78, 5) is 79.3. The summed E-state index contributed by atoms with van der Waals surface area (Å²) in [6.07, 6.45) is 0.0359. The van der Waals surface area contributed by atoms with Gasteiger partial charge in [-0.15, -0.1) is 22.7 Å². The third-order valence-corrected chi connectivity index (χ3v) is 22.0. The number of hydrogen-bond donors (Lipinski definition) is 6. The number of Topliss-reactive ketones (excluding diaryl/α,β-unsaturated/α-hetero) is 4. The van der Waals surface area contributed by atoms with Crippen molar-refractivity contribution in [1.82, 2.24) is 29.9 Å². The smallest absolute Gasteiger partial charge is 0.165 e. The molecule has 0 aliphatic heterocycles. The number of aromatic nitrogens is 6. The number of H-pyrrole nitrogens is 6. The van der Waals surface area contributed by atoms with Gasteiger partial charge in [-0.25, -0.2) is 0 Å². The van der Waals surface area contributed by atoms with Crippen LogP contribution < -0.4 is 0 Å². The molecule has 8 aromatic heterocycles. The Morgan fingerprint density at radius 3 is 1.13 bits per heavy atom. The molecule has 0 amide bonds. The van der Waals surface area contributed by atoms with Crippen molar-refractivity contribution in [3.63, 3.8) is 0 Å². The Morgan fingerprint density at radius 1 is 0.366 bits per heavy atom. The van der Waals surface area contributed by atoms with E-state index in [-0.39, 0.29) is 59.6 Å². The maximum absolute atomic E-state index is 15.1. The number of aromatic amines is 6. The highest BCUT2D eigenvalue weighted by Gasteiger charge is 2.35. The van der Waals surface area contributed by atoms with Crippen molar-refractivity contribution in [2.24, 2.45) is 0 Å². The quantitative estimate of drug-likeness (QED) is 0.0445. The zero-order chi connectivity index (χ0) is 64.8. The van der Waals surface area contributed by atoms with E-state index in [1.54, 1.807) is 36.5 Å². The average Bonchev–Trinajstić information content (AvgIpc) is 1.64. The molecule has 6 N–H and O–H groups in total. The SMILES string of the molecule is CC(=O)c1c(C)[nH]c(C(c2ccc(C(c3[nH]c(C)c(C(=O)CCC(=O)c4c(C)[nH]c(C(c5ccc(C(c6[nH]c(C)c(C(C)=O)c6C)c6csc7ccc(Br)cc67)[nH]5)c5cccc6ccccc56)c4C)c3C)c3csc4ccccc34)[nH]2)c2cccc3ccccc23)c1C. The second kappa shape index (κ2) is 24.2. The molecule has 10 nitrogen and oxygen atoms in total. The molecule has 0 aliphatic carbocycles. The summed E-state index contributed by atoms with van der Waals surface area (Å²) in [6.45, 7) is 19.3. The fourth-order valence-electron chi connectivity index (χ4n) is 15.5. The van der Waals surface area contributed by atoms with Crippen molar-refractivity contribution in [2.75, 3.05) is 0 Å². The molecule has 0 aliphatic rings. The van der Waals surface area contributed by atoms with Gasteiger partial charge in [-0.2, -0.15) is 0 Å². The number of hydrogen-bond acceptors (Lipinski definition) is 6. The minimum absolute atomic E-state index is 0.0173. The van der Waals surface area contributed by atoms with Crippen molar-refractivity contribution in [3.8, 4) is 0 Å². The molecule has 14 aromatic rings. The first-order valence-electron chi connectivity index (χ1n) is 31.7. The maximum atomic E-state index is 15.1. The number of halogens is 1. The fourth-order valence-corrected chi connectivity index (χ4v) is 17.9. The monoisotopic (exact) mass is 1320 g/mol. The van der Waals surface area contributed by atoms with Gasteiger partial charge in [0, 0.05) is 117 Å². The number of ketones is 4. The van der Waals surface area contributed by atoms with Crippen LogP contribution in [0.1, 0.15) is 205 Å². The first-order chi connectivity index (χ1) is 44.9. The first kappa shape index (κ1) is 61.1. The Bertz CT molecular complexity index is 5330. The summed E-state index contributed by atoms with van der Waals surface area (Å²) in [7, 11) is 0. The van der Waals surface area contributed by atoms with E-state index in [4.69, 9.17) is 0 Å². The molecule has 0 saturated heterocycles. The van der Waals surface area contributed by atoms with Gasteiger partial charge in [0.15, 0.2) is 23.1 Å². The molecule has 4 atom stereocenters. The molecule has 4 unspecified atom stereocenters.